The number of likely N-dealkylation sites (tertiary alicyclic amines) is 1. The van der Waals surface area contributed by atoms with E-state index in [9.17, 15) is 4.79 Å². The summed E-state index contributed by atoms with van der Waals surface area (Å²) in [5, 5.41) is 3.11. The van der Waals surface area contributed by atoms with Crippen LogP contribution >= 0.6 is 0 Å². The van der Waals surface area contributed by atoms with Crippen molar-refractivity contribution in [3.05, 3.63) is 47.9 Å². The van der Waals surface area contributed by atoms with Crippen LogP contribution in [0.25, 0.3) is 0 Å². The molecule has 1 aromatic heterocycles. The van der Waals surface area contributed by atoms with E-state index in [1.807, 2.05) is 30.3 Å². The Balaban J connectivity index is 1.30. The zero-order chi connectivity index (χ0) is 19.3. The zero-order valence-electron chi connectivity index (χ0n) is 16.4. The van der Waals surface area contributed by atoms with E-state index in [2.05, 4.69) is 17.1 Å². The Labute approximate surface area is 165 Å². The lowest BCUT2D eigenvalue weighted by Gasteiger charge is -2.35. The molecule has 0 aliphatic carbocycles. The van der Waals surface area contributed by atoms with E-state index in [-0.39, 0.29) is 18.7 Å². The predicted molar refractivity (Wildman–Crippen MR) is 105 cm³/mol. The minimum Gasteiger partial charge on any atom is -0.468 e. The van der Waals surface area contributed by atoms with Gasteiger partial charge in [0.15, 0.2) is 11.5 Å². The third kappa shape index (κ3) is 4.50. The van der Waals surface area contributed by atoms with E-state index < -0.39 is 0 Å². The first kappa shape index (κ1) is 18.9. The molecule has 0 spiro atoms. The largest absolute Gasteiger partial charge is 0.468 e. The first-order valence-electron chi connectivity index (χ1n) is 10.1. The maximum absolute atomic E-state index is 12.4. The molecule has 1 aromatic carbocycles. The first-order valence-corrected chi connectivity index (χ1v) is 10.1. The Morgan fingerprint density at radius 1 is 1.21 bits per heavy atom. The highest BCUT2D eigenvalue weighted by Crippen LogP contribution is 2.32. The quantitative estimate of drug-likeness (QED) is 0.791. The number of amides is 1. The van der Waals surface area contributed by atoms with Gasteiger partial charge in [0, 0.05) is 13.0 Å². The molecule has 4 rings (SSSR count). The molecule has 6 heteroatoms. The van der Waals surface area contributed by atoms with Gasteiger partial charge in [-0.05, 0) is 68.1 Å². The lowest BCUT2D eigenvalue weighted by atomic mass is 9.97. The Morgan fingerprint density at radius 2 is 2.04 bits per heavy atom. The van der Waals surface area contributed by atoms with Crippen LogP contribution in [-0.2, 0) is 11.2 Å². The van der Waals surface area contributed by atoms with Gasteiger partial charge in [-0.2, -0.15) is 0 Å². The van der Waals surface area contributed by atoms with Gasteiger partial charge in [-0.1, -0.05) is 13.0 Å². The van der Waals surface area contributed by atoms with E-state index in [1.54, 1.807) is 6.26 Å². The van der Waals surface area contributed by atoms with E-state index >= 15 is 0 Å². The Kier molecular flexibility index (Phi) is 5.86. The molecule has 1 fully saturated rings. The number of ether oxygens (including phenoxy) is 2. The summed E-state index contributed by atoms with van der Waals surface area (Å²) in [5.41, 5.74) is 1.08. The van der Waals surface area contributed by atoms with Crippen molar-refractivity contribution in [2.75, 3.05) is 26.4 Å². The summed E-state index contributed by atoms with van der Waals surface area (Å²) in [4.78, 5) is 14.9. The maximum Gasteiger partial charge on any atom is 0.231 e. The number of rotatable bonds is 7. The minimum absolute atomic E-state index is 0.0552. The van der Waals surface area contributed by atoms with Crippen LogP contribution in [0.5, 0.6) is 11.5 Å². The van der Waals surface area contributed by atoms with Gasteiger partial charge in [-0.25, -0.2) is 0 Å². The van der Waals surface area contributed by atoms with Crippen molar-refractivity contribution in [1.29, 1.82) is 0 Å². The SMILES string of the molecule is CC1CCN(C(CNC(=O)CCc2ccc3c(c2)OCO3)c2ccco2)CC1. The minimum atomic E-state index is 0.0552. The Morgan fingerprint density at radius 3 is 2.82 bits per heavy atom. The molecule has 2 aliphatic rings. The molecule has 2 aliphatic heterocycles. The predicted octanol–water partition coefficient (Wildman–Crippen LogP) is 3.53. The summed E-state index contributed by atoms with van der Waals surface area (Å²) in [7, 11) is 0. The highest BCUT2D eigenvalue weighted by Gasteiger charge is 2.26. The van der Waals surface area contributed by atoms with Crippen molar-refractivity contribution in [2.45, 2.75) is 38.6 Å². The van der Waals surface area contributed by atoms with Crippen LogP contribution in [0, 0.1) is 5.92 Å². The highest BCUT2D eigenvalue weighted by atomic mass is 16.7. The van der Waals surface area contributed by atoms with Crippen molar-refractivity contribution in [3.63, 3.8) is 0 Å². The third-order valence-electron chi connectivity index (χ3n) is 5.70. The number of carbonyl (C=O) groups excluding carboxylic acids is 1. The second kappa shape index (κ2) is 8.69. The fraction of sp³-hybridized carbons (Fsp3) is 0.500. The highest BCUT2D eigenvalue weighted by molar-refractivity contribution is 5.76. The molecule has 0 radical (unpaired) electrons. The number of fused-ring (bicyclic) bond motifs is 1. The summed E-state index contributed by atoms with van der Waals surface area (Å²) in [6.07, 6.45) is 5.21. The second-order valence-electron chi connectivity index (χ2n) is 7.74. The molecule has 2 aromatic rings. The number of nitrogens with one attached hydrogen (secondary N) is 1. The molecule has 0 saturated carbocycles. The third-order valence-corrected chi connectivity index (χ3v) is 5.70. The normalized spacial score (nSPS) is 18.2. The number of aryl methyl sites for hydroxylation is 1. The van der Waals surface area contributed by atoms with Crippen LogP contribution in [-0.4, -0.2) is 37.2 Å². The van der Waals surface area contributed by atoms with Crippen LogP contribution in [0.3, 0.4) is 0 Å². The molecule has 28 heavy (non-hydrogen) atoms. The van der Waals surface area contributed by atoms with E-state index in [0.29, 0.717) is 19.4 Å². The van der Waals surface area contributed by atoms with Crippen molar-refractivity contribution >= 4 is 5.91 Å². The van der Waals surface area contributed by atoms with Gasteiger partial charge in [0.2, 0.25) is 12.7 Å². The van der Waals surface area contributed by atoms with Gasteiger partial charge >= 0.3 is 0 Å². The van der Waals surface area contributed by atoms with E-state index in [0.717, 1.165) is 41.8 Å². The molecule has 1 amide bonds. The smallest absolute Gasteiger partial charge is 0.231 e. The standard InChI is InChI=1S/C22H28N2O4/c1-16-8-10-24(11-9-16)18(19-3-2-12-26-19)14-23-22(25)7-5-17-4-6-20-21(13-17)28-15-27-20/h2-4,6,12-13,16,18H,5,7-11,14-15H2,1H3,(H,23,25). The maximum atomic E-state index is 12.4. The van der Waals surface area contributed by atoms with E-state index in [1.165, 1.54) is 12.8 Å². The number of benzene rings is 1. The average Bonchev–Trinajstić information content (AvgIpc) is 3.39. The van der Waals surface area contributed by atoms with Gasteiger partial charge in [0.25, 0.3) is 0 Å². The molecular weight excluding hydrogens is 356 g/mol. The second-order valence-corrected chi connectivity index (χ2v) is 7.74. The summed E-state index contributed by atoms with van der Waals surface area (Å²) < 4.78 is 16.4. The van der Waals surface area contributed by atoms with Crippen molar-refractivity contribution in [2.24, 2.45) is 5.92 Å². The summed E-state index contributed by atoms with van der Waals surface area (Å²) in [6, 6.07) is 9.85. The van der Waals surface area contributed by atoms with Crippen molar-refractivity contribution in [3.8, 4) is 11.5 Å². The lowest BCUT2D eigenvalue weighted by Crippen LogP contribution is -2.41. The van der Waals surface area contributed by atoms with Crippen LogP contribution in [0.4, 0.5) is 0 Å². The molecule has 1 N–H and O–H groups in total. The Hall–Kier alpha value is -2.47. The van der Waals surface area contributed by atoms with Gasteiger partial charge in [-0.15, -0.1) is 0 Å². The average molecular weight is 384 g/mol. The molecule has 1 unspecified atom stereocenters. The van der Waals surface area contributed by atoms with Crippen LogP contribution in [0.1, 0.15) is 43.6 Å². The number of furan rings is 1. The van der Waals surface area contributed by atoms with Crippen LogP contribution in [0.15, 0.2) is 41.0 Å². The molecule has 0 bridgehead atoms. The number of hydrogen-bond donors (Lipinski definition) is 1. The van der Waals surface area contributed by atoms with Gasteiger partial charge in [-0.3, -0.25) is 9.69 Å². The number of hydrogen-bond acceptors (Lipinski definition) is 5. The lowest BCUT2D eigenvalue weighted by molar-refractivity contribution is -0.121. The fourth-order valence-corrected chi connectivity index (χ4v) is 3.88. The zero-order valence-corrected chi connectivity index (χ0v) is 16.4. The molecule has 6 nitrogen and oxygen atoms in total. The fourth-order valence-electron chi connectivity index (χ4n) is 3.88. The van der Waals surface area contributed by atoms with Gasteiger partial charge in [0.1, 0.15) is 5.76 Å². The first-order chi connectivity index (χ1) is 13.7. The Bertz CT molecular complexity index is 782. The summed E-state index contributed by atoms with van der Waals surface area (Å²) in [5.74, 6) is 3.27. The molecule has 150 valence electrons. The summed E-state index contributed by atoms with van der Waals surface area (Å²) in [6.45, 7) is 5.22. The molecule has 1 atom stereocenters. The molecule has 1 saturated heterocycles. The van der Waals surface area contributed by atoms with Crippen molar-refractivity contribution in [1.82, 2.24) is 10.2 Å². The number of carbonyl (C=O) groups is 1. The van der Waals surface area contributed by atoms with E-state index in [4.69, 9.17) is 13.9 Å². The monoisotopic (exact) mass is 384 g/mol. The number of nitrogens with zero attached hydrogens (tertiary/aromatic N) is 1. The van der Waals surface area contributed by atoms with Gasteiger partial charge < -0.3 is 19.2 Å². The van der Waals surface area contributed by atoms with Gasteiger partial charge in [0.05, 0.1) is 12.3 Å². The molecule has 3 heterocycles. The molecular formula is C22H28N2O4. The summed E-state index contributed by atoms with van der Waals surface area (Å²) >= 11 is 0. The number of piperidine rings is 1. The topological polar surface area (TPSA) is 63.9 Å². The van der Waals surface area contributed by atoms with Crippen molar-refractivity contribution < 1.29 is 18.7 Å². The van der Waals surface area contributed by atoms with Crippen LogP contribution < -0.4 is 14.8 Å². The van der Waals surface area contributed by atoms with Crippen LogP contribution in [0.2, 0.25) is 0 Å².